The number of aryl methyl sites for hydroxylation is 1. The number of nitrogens with zero attached hydrogens (tertiary/aromatic N) is 2. The maximum atomic E-state index is 6.12. The van der Waals surface area contributed by atoms with E-state index in [2.05, 4.69) is 45.0 Å². The molecule has 4 heteroatoms. The molecule has 0 radical (unpaired) electrons. The Labute approximate surface area is 156 Å². The molecule has 0 saturated carbocycles. The van der Waals surface area contributed by atoms with Gasteiger partial charge in [-0.1, -0.05) is 24.0 Å². The van der Waals surface area contributed by atoms with Crippen molar-refractivity contribution in [3.63, 3.8) is 0 Å². The van der Waals surface area contributed by atoms with Crippen molar-refractivity contribution < 1.29 is 0 Å². The second-order valence-corrected chi connectivity index (χ2v) is 6.67. The number of anilines is 1. The molecule has 128 valence electrons. The van der Waals surface area contributed by atoms with Crippen molar-refractivity contribution in [2.24, 2.45) is 0 Å². The van der Waals surface area contributed by atoms with Gasteiger partial charge in [-0.05, 0) is 48.9 Å². The SMILES string of the molecule is Cc1ccc2c(c1)nc(N)c1ncc(C#Cc3ccc4[nH]ccc4c3)cc12. The molecule has 0 spiro atoms. The van der Waals surface area contributed by atoms with Gasteiger partial charge in [0.15, 0.2) is 5.82 Å². The summed E-state index contributed by atoms with van der Waals surface area (Å²) in [6, 6.07) is 16.4. The van der Waals surface area contributed by atoms with Crippen LogP contribution in [0.15, 0.2) is 60.9 Å². The topological polar surface area (TPSA) is 67.6 Å². The number of aromatic nitrogens is 3. The van der Waals surface area contributed by atoms with Gasteiger partial charge in [-0.25, -0.2) is 4.98 Å². The fourth-order valence-electron chi connectivity index (χ4n) is 3.36. The van der Waals surface area contributed by atoms with Gasteiger partial charge in [0.05, 0.1) is 5.52 Å². The smallest absolute Gasteiger partial charge is 0.150 e. The Morgan fingerprint density at radius 2 is 1.81 bits per heavy atom. The normalized spacial score (nSPS) is 11.0. The molecule has 5 rings (SSSR count). The Bertz CT molecular complexity index is 1400. The van der Waals surface area contributed by atoms with Gasteiger partial charge in [0.1, 0.15) is 5.52 Å². The van der Waals surface area contributed by atoms with Crippen molar-refractivity contribution in [3.8, 4) is 11.8 Å². The Morgan fingerprint density at radius 1 is 0.926 bits per heavy atom. The molecular formula is C23H16N4. The van der Waals surface area contributed by atoms with Gasteiger partial charge in [-0.15, -0.1) is 0 Å². The maximum Gasteiger partial charge on any atom is 0.150 e. The van der Waals surface area contributed by atoms with E-state index in [1.54, 1.807) is 6.20 Å². The number of hydrogen-bond donors (Lipinski definition) is 2. The highest BCUT2D eigenvalue weighted by molar-refractivity contribution is 6.08. The zero-order valence-corrected chi connectivity index (χ0v) is 14.7. The minimum atomic E-state index is 0.445. The summed E-state index contributed by atoms with van der Waals surface area (Å²) in [6.45, 7) is 2.04. The molecule has 3 aromatic heterocycles. The molecule has 3 heterocycles. The molecule has 0 aliphatic carbocycles. The third-order valence-corrected chi connectivity index (χ3v) is 4.72. The van der Waals surface area contributed by atoms with Crippen LogP contribution >= 0.6 is 0 Å². The Kier molecular flexibility index (Phi) is 3.34. The van der Waals surface area contributed by atoms with Crippen LogP contribution in [0.5, 0.6) is 0 Å². The summed E-state index contributed by atoms with van der Waals surface area (Å²) in [5.74, 6) is 6.90. The lowest BCUT2D eigenvalue weighted by Gasteiger charge is -2.07. The van der Waals surface area contributed by atoms with Crippen LogP contribution in [0.3, 0.4) is 0 Å². The van der Waals surface area contributed by atoms with Gasteiger partial charge in [0.25, 0.3) is 0 Å². The molecule has 0 aliphatic heterocycles. The number of nitrogens with one attached hydrogen (secondary N) is 1. The minimum absolute atomic E-state index is 0.445. The number of benzene rings is 2. The predicted molar refractivity (Wildman–Crippen MR) is 110 cm³/mol. The molecule has 0 amide bonds. The van der Waals surface area contributed by atoms with Gasteiger partial charge in [-0.2, -0.15) is 0 Å². The zero-order chi connectivity index (χ0) is 18.4. The standard InChI is InChI=1S/C23H16N4/c1-14-2-6-18-19-12-16(13-26-22(19)23(24)27-21(18)10-14)4-3-15-5-7-20-17(11-15)8-9-25-20/h2,5-13,25H,1H3,(H2,24,27). The van der Waals surface area contributed by atoms with Crippen molar-refractivity contribution >= 4 is 38.5 Å². The Hall–Kier alpha value is -3.84. The molecule has 0 fully saturated rings. The van der Waals surface area contributed by atoms with E-state index in [1.807, 2.05) is 43.5 Å². The number of fused-ring (bicyclic) bond motifs is 4. The predicted octanol–water partition coefficient (Wildman–Crippen LogP) is 4.55. The van der Waals surface area contributed by atoms with E-state index in [0.29, 0.717) is 11.3 Å². The lowest BCUT2D eigenvalue weighted by molar-refractivity contribution is 1.34. The molecule has 0 unspecified atom stereocenters. The van der Waals surface area contributed by atoms with Crippen LogP contribution in [-0.4, -0.2) is 15.0 Å². The van der Waals surface area contributed by atoms with Gasteiger partial charge >= 0.3 is 0 Å². The highest BCUT2D eigenvalue weighted by Crippen LogP contribution is 2.27. The van der Waals surface area contributed by atoms with E-state index in [0.717, 1.165) is 43.9 Å². The summed E-state index contributed by atoms with van der Waals surface area (Å²) in [4.78, 5) is 12.2. The van der Waals surface area contributed by atoms with E-state index in [-0.39, 0.29) is 0 Å². The van der Waals surface area contributed by atoms with E-state index < -0.39 is 0 Å². The van der Waals surface area contributed by atoms with E-state index in [1.165, 1.54) is 0 Å². The van der Waals surface area contributed by atoms with Crippen molar-refractivity contribution in [2.45, 2.75) is 6.92 Å². The van der Waals surface area contributed by atoms with Gasteiger partial charge in [-0.3, -0.25) is 4.98 Å². The zero-order valence-electron chi connectivity index (χ0n) is 14.7. The number of rotatable bonds is 0. The summed E-state index contributed by atoms with van der Waals surface area (Å²) in [6.07, 6.45) is 3.68. The lowest BCUT2D eigenvalue weighted by Crippen LogP contribution is -1.96. The summed E-state index contributed by atoms with van der Waals surface area (Å²) in [5, 5.41) is 3.17. The van der Waals surface area contributed by atoms with Gasteiger partial charge in [0, 0.05) is 45.2 Å². The van der Waals surface area contributed by atoms with E-state index in [9.17, 15) is 0 Å². The molecule has 5 aromatic rings. The molecule has 0 atom stereocenters. The third-order valence-electron chi connectivity index (χ3n) is 4.72. The largest absolute Gasteiger partial charge is 0.382 e. The van der Waals surface area contributed by atoms with Crippen molar-refractivity contribution in [3.05, 3.63) is 77.6 Å². The van der Waals surface area contributed by atoms with Gasteiger partial charge in [0.2, 0.25) is 0 Å². The van der Waals surface area contributed by atoms with Gasteiger partial charge < -0.3 is 10.7 Å². The average molecular weight is 348 g/mol. The van der Waals surface area contributed by atoms with Crippen LogP contribution < -0.4 is 5.73 Å². The van der Waals surface area contributed by atoms with Crippen LogP contribution in [0.1, 0.15) is 16.7 Å². The first-order valence-electron chi connectivity index (χ1n) is 8.72. The fourth-order valence-corrected chi connectivity index (χ4v) is 3.36. The number of H-pyrrole nitrogens is 1. The van der Waals surface area contributed by atoms with Crippen LogP contribution in [0.4, 0.5) is 5.82 Å². The first-order chi connectivity index (χ1) is 13.2. The van der Waals surface area contributed by atoms with Crippen molar-refractivity contribution in [1.82, 2.24) is 15.0 Å². The quantitative estimate of drug-likeness (QED) is 0.318. The number of nitrogens with two attached hydrogens (primary N) is 1. The monoisotopic (exact) mass is 348 g/mol. The van der Waals surface area contributed by atoms with Crippen molar-refractivity contribution in [2.75, 3.05) is 5.73 Å². The summed E-state index contributed by atoms with van der Waals surface area (Å²) in [7, 11) is 0. The molecule has 2 aromatic carbocycles. The highest BCUT2D eigenvalue weighted by atomic mass is 14.9. The minimum Gasteiger partial charge on any atom is -0.382 e. The van der Waals surface area contributed by atoms with Crippen LogP contribution in [0.25, 0.3) is 32.7 Å². The summed E-state index contributed by atoms with van der Waals surface area (Å²) < 4.78 is 0. The van der Waals surface area contributed by atoms with E-state index in [4.69, 9.17) is 5.73 Å². The summed E-state index contributed by atoms with van der Waals surface area (Å²) >= 11 is 0. The van der Waals surface area contributed by atoms with Crippen LogP contribution in [-0.2, 0) is 0 Å². The Balaban J connectivity index is 1.65. The van der Waals surface area contributed by atoms with Crippen LogP contribution in [0.2, 0.25) is 0 Å². The summed E-state index contributed by atoms with van der Waals surface area (Å²) in [5.41, 5.74) is 11.8. The average Bonchev–Trinajstić information content (AvgIpc) is 3.14. The molecular weight excluding hydrogens is 332 g/mol. The third kappa shape index (κ3) is 2.66. The fraction of sp³-hybridized carbons (Fsp3) is 0.0435. The first-order valence-corrected chi connectivity index (χ1v) is 8.72. The molecule has 0 aliphatic rings. The number of nitrogen functional groups attached to an aromatic ring is 1. The highest BCUT2D eigenvalue weighted by Gasteiger charge is 2.08. The number of pyridine rings is 2. The van der Waals surface area contributed by atoms with E-state index >= 15 is 0 Å². The molecule has 4 nitrogen and oxygen atoms in total. The second kappa shape index (κ2) is 5.86. The first kappa shape index (κ1) is 15.4. The number of aromatic amines is 1. The molecule has 0 bridgehead atoms. The Morgan fingerprint density at radius 3 is 2.74 bits per heavy atom. The second-order valence-electron chi connectivity index (χ2n) is 6.67. The lowest BCUT2D eigenvalue weighted by atomic mass is 10.1. The number of hydrogen-bond acceptors (Lipinski definition) is 3. The molecule has 27 heavy (non-hydrogen) atoms. The van der Waals surface area contributed by atoms with Crippen LogP contribution in [0, 0.1) is 18.8 Å². The molecule has 3 N–H and O–H groups in total. The molecule has 0 saturated heterocycles. The van der Waals surface area contributed by atoms with Crippen molar-refractivity contribution in [1.29, 1.82) is 0 Å². The maximum absolute atomic E-state index is 6.12.